The highest BCUT2D eigenvalue weighted by molar-refractivity contribution is 5.80. The molecule has 0 saturated carbocycles. The Bertz CT molecular complexity index is 831. The number of nitrogen functional groups attached to an aromatic ring is 1. The lowest BCUT2D eigenvalue weighted by molar-refractivity contribution is 0.915. The van der Waals surface area contributed by atoms with Crippen LogP contribution in [-0.2, 0) is 0 Å². The molecule has 0 aliphatic heterocycles. The second-order valence-corrected chi connectivity index (χ2v) is 5.00. The van der Waals surface area contributed by atoms with Gasteiger partial charge in [0.05, 0.1) is 0 Å². The van der Waals surface area contributed by atoms with Gasteiger partial charge in [-0.3, -0.25) is 9.78 Å². The topological polar surface area (TPSA) is 87.6 Å². The van der Waals surface area contributed by atoms with Gasteiger partial charge >= 0.3 is 0 Å². The summed E-state index contributed by atoms with van der Waals surface area (Å²) in [4.78, 5) is 21.6. The molecule has 20 heavy (non-hydrogen) atoms. The summed E-state index contributed by atoms with van der Waals surface area (Å²) in [6.07, 6.45) is 1.84. The van der Waals surface area contributed by atoms with Gasteiger partial charge in [-0.15, -0.1) is 0 Å². The van der Waals surface area contributed by atoms with Crippen molar-refractivity contribution in [3.63, 3.8) is 0 Å². The fraction of sp³-hybridized carbons (Fsp3) is 0.200. The lowest BCUT2D eigenvalue weighted by Crippen LogP contribution is -2.11. The first kappa shape index (κ1) is 12.5. The Kier molecular flexibility index (Phi) is 2.82. The SMILES string of the molecule is Cc1ccccc1C(C)c1c[nH]c2c(=O)[nH]c(N)nc12. The van der Waals surface area contributed by atoms with E-state index in [0.717, 1.165) is 5.56 Å². The van der Waals surface area contributed by atoms with Crippen LogP contribution in [-0.4, -0.2) is 15.0 Å². The number of hydrogen-bond donors (Lipinski definition) is 3. The van der Waals surface area contributed by atoms with E-state index in [9.17, 15) is 4.79 Å². The minimum atomic E-state index is -0.240. The number of anilines is 1. The molecule has 0 radical (unpaired) electrons. The van der Waals surface area contributed by atoms with Crippen molar-refractivity contribution in [2.75, 3.05) is 5.73 Å². The van der Waals surface area contributed by atoms with Gasteiger partial charge in [0.25, 0.3) is 5.56 Å². The van der Waals surface area contributed by atoms with Gasteiger partial charge < -0.3 is 10.7 Å². The molecule has 1 unspecified atom stereocenters. The van der Waals surface area contributed by atoms with Gasteiger partial charge in [0.1, 0.15) is 11.0 Å². The minimum Gasteiger partial charge on any atom is -0.369 e. The van der Waals surface area contributed by atoms with Crippen molar-refractivity contribution >= 4 is 17.0 Å². The Labute approximate surface area is 115 Å². The highest BCUT2D eigenvalue weighted by Gasteiger charge is 2.17. The van der Waals surface area contributed by atoms with Crippen LogP contribution in [0.15, 0.2) is 35.3 Å². The Hall–Kier alpha value is -2.56. The highest BCUT2D eigenvalue weighted by atomic mass is 16.1. The van der Waals surface area contributed by atoms with E-state index in [1.54, 1.807) is 0 Å². The molecule has 102 valence electrons. The molecule has 3 aromatic rings. The predicted octanol–water partition coefficient (Wildman–Crippen LogP) is 2.29. The maximum Gasteiger partial charge on any atom is 0.276 e. The van der Waals surface area contributed by atoms with Crippen molar-refractivity contribution < 1.29 is 0 Å². The van der Waals surface area contributed by atoms with Crippen LogP contribution in [0.4, 0.5) is 5.95 Å². The van der Waals surface area contributed by atoms with Crippen LogP contribution < -0.4 is 11.3 Å². The first-order valence-corrected chi connectivity index (χ1v) is 6.50. The van der Waals surface area contributed by atoms with Gasteiger partial charge in [-0.1, -0.05) is 31.2 Å². The number of aromatic nitrogens is 3. The zero-order chi connectivity index (χ0) is 14.3. The van der Waals surface area contributed by atoms with Crippen molar-refractivity contribution in [3.05, 3.63) is 57.5 Å². The molecule has 1 atom stereocenters. The van der Waals surface area contributed by atoms with Crippen molar-refractivity contribution in [3.8, 4) is 0 Å². The van der Waals surface area contributed by atoms with Crippen LogP contribution in [0.5, 0.6) is 0 Å². The number of H-pyrrole nitrogens is 2. The zero-order valence-electron chi connectivity index (χ0n) is 11.4. The number of benzene rings is 1. The van der Waals surface area contributed by atoms with E-state index in [0.29, 0.717) is 11.0 Å². The van der Waals surface area contributed by atoms with E-state index in [1.807, 2.05) is 18.3 Å². The maximum atomic E-state index is 11.8. The van der Waals surface area contributed by atoms with Crippen molar-refractivity contribution in [2.24, 2.45) is 0 Å². The van der Waals surface area contributed by atoms with Gasteiger partial charge in [0.15, 0.2) is 0 Å². The first-order valence-electron chi connectivity index (χ1n) is 6.50. The molecule has 0 aliphatic carbocycles. The number of hydrogen-bond acceptors (Lipinski definition) is 3. The lowest BCUT2D eigenvalue weighted by atomic mass is 9.91. The van der Waals surface area contributed by atoms with Gasteiger partial charge in [0, 0.05) is 17.7 Å². The molecule has 0 fully saturated rings. The van der Waals surface area contributed by atoms with Crippen LogP contribution in [0.1, 0.15) is 29.5 Å². The number of aryl methyl sites for hydroxylation is 1. The fourth-order valence-electron chi connectivity index (χ4n) is 2.62. The number of nitrogens with one attached hydrogen (secondary N) is 2. The largest absolute Gasteiger partial charge is 0.369 e. The summed E-state index contributed by atoms with van der Waals surface area (Å²) in [5.41, 5.74) is 9.92. The molecular formula is C15H16N4O. The summed E-state index contributed by atoms with van der Waals surface area (Å²) in [5, 5.41) is 0. The average Bonchev–Trinajstić information content (AvgIpc) is 2.82. The van der Waals surface area contributed by atoms with Gasteiger partial charge in [-0.05, 0) is 18.1 Å². The number of nitrogens with zero attached hydrogens (tertiary/aromatic N) is 1. The van der Waals surface area contributed by atoms with Crippen LogP contribution >= 0.6 is 0 Å². The molecule has 0 spiro atoms. The molecule has 5 nitrogen and oxygen atoms in total. The molecular weight excluding hydrogens is 252 g/mol. The third-order valence-corrected chi connectivity index (χ3v) is 3.70. The third-order valence-electron chi connectivity index (χ3n) is 3.70. The Morgan fingerprint density at radius 3 is 2.75 bits per heavy atom. The number of aromatic amines is 2. The molecule has 4 N–H and O–H groups in total. The van der Waals surface area contributed by atoms with E-state index in [1.165, 1.54) is 11.1 Å². The molecule has 5 heteroatoms. The number of nitrogens with two attached hydrogens (primary N) is 1. The lowest BCUT2D eigenvalue weighted by Gasteiger charge is -2.13. The second-order valence-electron chi connectivity index (χ2n) is 5.00. The van der Waals surface area contributed by atoms with Crippen LogP contribution in [0.25, 0.3) is 11.0 Å². The van der Waals surface area contributed by atoms with Crippen molar-refractivity contribution in [2.45, 2.75) is 19.8 Å². The van der Waals surface area contributed by atoms with E-state index in [2.05, 4.69) is 40.9 Å². The summed E-state index contributed by atoms with van der Waals surface area (Å²) in [5.74, 6) is 0.277. The maximum absolute atomic E-state index is 11.8. The zero-order valence-corrected chi connectivity index (χ0v) is 11.4. The molecule has 1 aromatic carbocycles. The van der Waals surface area contributed by atoms with Gasteiger partial charge in [-0.2, -0.15) is 0 Å². The second kappa shape index (κ2) is 4.52. The molecule has 3 rings (SSSR count). The standard InChI is InChI=1S/C15H16N4O/c1-8-5-3-4-6-10(8)9(2)11-7-17-13-12(11)18-15(16)19-14(13)20/h3-7,9,17H,1-2H3,(H3,16,18,19,20). The summed E-state index contributed by atoms with van der Waals surface area (Å²) in [6.45, 7) is 4.18. The molecule has 0 amide bonds. The normalized spacial score (nSPS) is 12.7. The summed E-state index contributed by atoms with van der Waals surface area (Å²) >= 11 is 0. The monoisotopic (exact) mass is 268 g/mol. The van der Waals surface area contributed by atoms with Crippen LogP contribution in [0.2, 0.25) is 0 Å². The summed E-state index contributed by atoms with van der Waals surface area (Å²) in [7, 11) is 0. The molecule has 0 aliphatic rings. The molecule has 0 saturated heterocycles. The minimum absolute atomic E-state index is 0.138. The fourth-order valence-corrected chi connectivity index (χ4v) is 2.62. The smallest absolute Gasteiger partial charge is 0.276 e. The number of fused-ring (bicyclic) bond motifs is 1. The Balaban J connectivity index is 2.20. The summed E-state index contributed by atoms with van der Waals surface area (Å²) < 4.78 is 0. The summed E-state index contributed by atoms with van der Waals surface area (Å²) in [6, 6.07) is 8.20. The van der Waals surface area contributed by atoms with E-state index in [-0.39, 0.29) is 17.4 Å². The Morgan fingerprint density at radius 1 is 1.25 bits per heavy atom. The Morgan fingerprint density at radius 2 is 2.00 bits per heavy atom. The highest BCUT2D eigenvalue weighted by Crippen LogP contribution is 2.30. The first-order chi connectivity index (χ1) is 9.58. The van der Waals surface area contributed by atoms with Crippen molar-refractivity contribution in [1.82, 2.24) is 15.0 Å². The van der Waals surface area contributed by atoms with Crippen molar-refractivity contribution in [1.29, 1.82) is 0 Å². The van der Waals surface area contributed by atoms with E-state index in [4.69, 9.17) is 5.73 Å². The van der Waals surface area contributed by atoms with E-state index >= 15 is 0 Å². The predicted molar refractivity (Wildman–Crippen MR) is 79.8 cm³/mol. The van der Waals surface area contributed by atoms with Crippen LogP contribution in [0.3, 0.4) is 0 Å². The third kappa shape index (κ3) is 1.87. The quantitative estimate of drug-likeness (QED) is 0.666. The molecule has 2 aromatic heterocycles. The van der Waals surface area contributed by atoms with E-state index < -0.39 is 0 Å². The van der Waals surface area contributed by atoms with Gasteiger partial charge in [0.2, 0.25) is 5.95 Å². The average molecular weight is 268 g/mol. The van der Waals surface area contributed by atoms with Gasteiger partial charge in [-0.25, -0.2) is 4.98 Å². The molecule has 0 bridgehead atoms. The molecule has 2 heterocycles. The van der Waals surface area contributed by atoms with Crippen LogP contribution in [0, 0.1) is 6.92 Å². The number of rotatable bonds is 2.